The van der Waals surface area contributed by atoms with Gasteiger partial charge in [0.1, 0.15) is 0 Å². The number of amides is 1. The van der Waals surface area contributed by atoms with Gasteiger partial charge in [0.05, 0.1) is 24.4 Å². The largest absolute Gasteiger partial charge is 0.481 e. The third kappa shape index (κ3) is 4.96. The number of hydrogen-bond donors (Lipinski definition) is 2. The Hall–Kier alpha value is -2.72. The van der Waals surface area contributed by atoms with Gasteiger partial charge in [0.25, 0.3) is 0 Å². The Balaban J connectivity index is 1.83. The number of sulfonamides is 1. The predicted molar refractivity (Wildman–Crippen MR) is 107 cm³/mol. The molecule has 2 N–H and O–H groups in total. The zero-order valence-corrected chi connectivity index (χ0v) is 16.7. The molecule has 0 spiro atoms. The molecule has 0 aliphatic carbocycles. The molecule has 1 atom stereocenters. The minimum Gasteiger partial charge on any atom is -0.481 e. The van der Waals surface area contributed by atoms with Gasteiger partial charge in [-0.3, -0.25) is 14.3 Å². The van der Waals surface area contributed by atoms with Gasteiger partial charge in [0.2, 0.25) is 15.9 Å². The molecule has 1 amide bonds. The molecular formula is C18H19N3O5S2. The molecular weight excluding hydrogens is 402 g/mol. The average molecular weight is 422 g/mol. The molecule has 0 fully saturated rings. The van der Waals surface area contributed by atoms with Gasteiger partial charge in [-0.1, -0.05) is 18.2 Å². The first-order valence-electron chi connectivity index (χ1n) is 8.46. The van der Waals surface area contributed by atoms with E-state index < -0.39 is 16.0 Å². The molecule has 1 aromatic carbocycles. The number of hydrazone groups is 1. The van der Waals surface area contributed by atoms with Crippen molar-refractivity contribution in [1.82, 2.24) is 5.01 Å². The van der Waals surface area contributed by atoms with E-state index in [1.807, 2.05) is 17.5 Å². The second-order valence-electron chi connectivity index (χ2n) is 6.37. The molecule has 0 saturated carbocycles. The number of aliphatic carboxylic acids is 1. The van der Waals surface area contributed by atoms with Crippen molar-refractivity contribution in [3.63, 3.8) is 0 Å². The lowest BCUT2D eigenvalue weighted by Crippen LogP contribution is -2.26. The quantitative estimate of drug-likeness (QED) is 0.713. The monoisotopic (exact) mass is 421 g/mol. The van der Waals surface area contributed by atoms with E-state index in [1.165, 1.54) is 16.3 Å². The van der Waals surface area contributed by atoms with Gasteiger partial charge < -0.3 is 5.11 Å². The summed E-state index contributed by atoms with van der Waals surface area (Å²) >= 11 is 1.51. The van der Waals surface area contributed by atoms with Crippen LogP contribution in [0.25, 0.3) is 0 Å². The van der Waals surface area contributed by atoms with Crippen LogP contribution in [0.5, 0.6) is 0 Å². The topological polar surface area (TPSA) is 116 Å². The summed E-state index contributed by atoms with van der Waals surface area (Å²) in [5, 5.41) is 16.6. The van der Waals surface area contributed by atoms with Crippen LogP contribution in [0.15, 0.2) is 46.9 Å². The molecule has 0 unspecified atom stereocenters. The van der Waals surface area contributed by atoms with E-state index in [1.54, 1.807) is 24.3 Å². The number of nitrogens with one attached hydrogen (secondary N) is 1. The fourth-order valence-electron chi connectivity index (χ4n) is 2.89. The lowest BCUT2D eigenvalue weighted by atomic mass is 10.0. The van der Waals surface area contributed by atoms with Crippen molar-refractivity contribution >= 4 is 44.6 Å². The van der Waals surface area contributed by atoms with Gasteiger partial charge in [0, 0.05) is 23.4 Å². The summed E-state index contributed by atoms with van der Waals surface area (Å²) in [4.78, 5) is 24.3. The number of carbonyl (C=O) groups is 2. The van der Waals surface area contributed by atoms with Crippen LogP contribution in [-0.4, -0.2) is 42.4 Å². The van der Waals surface area contributed by atoms with Crippen molar-refractivity contribution in [2.24, 2.45) is 5.10 Å². The number of carboxylic acids is 1. The number of rotatable bonds is 7. The first-order chi connectivity index (χ1) is 13.2. The van der Waals surface area contributed by atoms with Gasteiger partial charge in [-0.25, -0.2) is 13.4 Å². The third-order valence-corrected chi connectivity index (χ3v) is 5.69. The number of carbonyl (C=O) groups excluding carboxylic acids is 1. The van der Waals surface area contributed by atoms with Crippen molar-refractivity contribution in [2.75, 3.05) is 11.0 Å². The van der Waals surface area contributed by atoms with Crippen molar-refractivity contribution in [1.29, 1.82) is 0 Å². The lowest BCUT2D eigenvalue weighted by Gasteiger charge is -2.20. The highest BCUT2D eigenvalue weighted by Gasteiger charge is 2.33. The highest BCUT2D eigenvalue weighted by Crippen LogP contribution is 2.35. The van der Waals surface area contributed by atoms with Crippen LogP contribution in [0.2, 0.25) is 0 Å². The molecule has 148 valence electrons. The van der Waals surface area contributed by atoms with Crippen LogP contribution < -0.4 is 4.72 Å². The Kier molecular flexibility index (Phi) is 5.80. The van der Waals surface area contributed by atoms with E-state index in [0.29, 0.717) is 17.8 Å². The normalized spacial score (nSPS) is 16.7. The number of thiophene rings is 1. The Morgan fingerprint density at radius 1 is 1.25 bits per heavy atom. The number of hydrogen-bond acceptors (Lipinski definition) is 6. The first-order valence-corrected chi connectivity index (χ1v) is 11.2. The molecule has 1 aromatic heterocycles. The van der Waals surface area contributed by atoms with Gasteiger partial charge in [-0.15, -0.1) is 11.3 Å². The SMILES string of the molecule is CS(=O)(=O)Nc1ccc(C2=NN(C(=O)CCC(=O)O)[C@@H](c3cccs3)C2)cc1. The van der Waals surface area contributed by atoms with Crippen molar-refractivity contribution < 1.29 is 23.1 Å². The second-order valence-corrected chi connectivity index (χ2v) is 9.09. The van der Waals surface area contributed by atoms with E-state index in [-0.39, 0.29) is 24.8 Å². The third-order valence-electron chi connectivity index (χ3n) is 4.11. The number of benzene rings is 1. The van der Waals surface area contributed by atoms with Gasteiger partial charge in [-0.05, 0) is 29.1 Å². The zero-order chi connectivity index (χ0) is 20.3. The summed E-state index contributed by atoms with van der Waals surface area (Å²) in [5.74, 6) is -1.37. The average Bonchev–Trinajstić information content (AvgIpc) is 3.28. The van der Waals surface area contributed by atoms with Gasteiger partial charge in [0.15, 0.2) is 0 Å². The lowest BCUT2D eigenvalue weighted by molar-refractivity contribution is -0.141. The van der Waals surface area contributed by atoms with E-state index in [4.69, 9.17) is 5.11 Å². The highest BCUT2D eigenvalue weighted by molar-refractivity contribution is 7.92. The van der Waals surface area contributed by atoms with Crippen molar-refractivity contribution in [2.45, 2.75) is 25.3 Å². The summed E-state index contributed by atoms with van der Waals surface area (Å²) in [5.41, 5.74) is 1.90. The number of nitrogens with zero attached hydrogens (tertiary/aromatic N) is 2. The minimum atomic E-state index is -3.36. The van der Waals surface area contributed by atoms with Crippen molar-refractivity contribution in [3.8, 4) is 0 Å². The second kappa shape index (κ2) is 8.11. The molecule has 3 rings (SSSR count). The molecule has 2 aromatic rings. The maximum atomic E-state index is 12.5. The fourth-order valence-corrected chi connectivity index (χ4v) is 4.27. The van der Waals surface area contributed by atoms with Gasteiger partial charge >= 0.3 is 5.97 Å². The van der Waals surface area contributed by atoms with E-state index in [0.717, 1.165) is 16.7 Å². The van der Waals surface area contributed by atoms with Crippen LogP contribution in [0, 0.1) is 0 Å². The van der Waals surface area contributed by atoms with Crippen LogP contribution >= 0.6 is 11.3 Å². The predicted octanol–water partition coefficient (Wildman–Crippen LogP) is 2.66. The molecule has 0 saturated heterocycles. The Bertz CT molecular complexity index is 998. The zero-order valence-electron chi connectivity index (χ0n) is 15.0. The number of anilines is 1. The molecule has 10 heteroatoms. The Labute approximate surface area is 166 Å². The minimum absolute atomic E-state index is 0.120. The fraction of sp³-hybridized carbons (Fsp3) is 0.278. The Morgan fingerprint density at radius 3 is 2.54 bits per heavy atom. The standard InChI is InChI=1S/C18H19N3O5S2/c1-28(25,26)20-13-6-4-12(5-7-13)14-11-15(16-3-2-10-27-16)21(19-14)17(22)8-9-18(23)24/h2-7,10,15,20H,8-9,11H2,1H3,(H,23,24)/t15-/m1/s1. The molecule has 0 bridgehead atoms. The summed E-state index contributed by atoms with van der Waals surface area (Å²) in [6.07, 6.45) is 1.21. The summed E-state index contributed by atoms with van der Waals surface area (Å²) in [6.45, 7) is 0. The van der Waals surface area contributed by atoms with E-state index in [2.05, 4.69) is 9.82 Å². The van der Waals surface area contributed by atoms with Crippen molar-refractivity contribution in [3.05, 3.63) is 52.2 Å². The van der Waals surface area contributed by atoms with Crippen LogP contribution in [0.4, 0.5) is 5.69 Å². The summed E-state index contributed by atoms with van der Waals surface area (Å²) in [7, 11) is -3.36. The first kappa shape index (κ1) is 20.0. The van der Waals surface area contributed by atoms with E-state index >= 15 is 0 Å². The molecule has 2 heterocycles. The Morgan fingerprint density at radius 2 is 1.96 bits per heavy atom. The van der Waals surface area contributed by atoms with E-state index in [9.17, 15) is 18.0 Å². The maximum absolute atomic E-state index is 12.5. The van der Waals surface area contributed by atoms with Crippen LogP contribution in [0.3, 0.4) is 0 Å². The highest BCUT2D eigenvalue weighted by atomic mass is 32.2. The van der Waals surface area contributed by atoms with Gasteiger partial charge in [-0.2, -0.15) is 5.10 Å². The molecule has 8 nitrogen and oxygen atoms in total. The maximum Gasteiger partial charge on any atom is 0.303 e. The molecule has 0 radical (unpaired) electrons. The number of carboxylic acid groups (broad SMARTS) is 1. The molecule has 1 aliphatic heterocycles. The summed E-state index contributed by atoms with van der Waals surface area (Å²) < 4.78 is 25.0. The van der Waals surface area contributed by atoms with Crippen LogP contribution in [-0.2, 0) is 19.6 Å². The van der Waals surface area contributed by atoms with Crippen LogP contribution in [0.1, 0.15) is 35.7 Å². The smallest absolute Gasteiger partial charge is 0.303 e. The summed E-state index contributed by atoms with van der Waals surface area (Å²) in [6, 6.07) is 10.3. The molecule has 1 aliphatic rings. The molecule has 28 heavy (non-hydrogen) atoms.